The first-order valence-corrected chi connectivity index (χ1v) is 12.1. The average molecular weight is 434 g/mol. The van der Waals surface area contributed by atoms with Crippen LogP contribution in [-0.4, -0.2) is 20.1 Å². The van der Waals surface area contributed by atoms with Crippen molar-refractivity contribution in [3.63, 3.8) is 0 Å². The van der Waals surface area contributed by atoms with Gasteiger partial charge in [-0.15, -0.1) is 0 Å². The number of carbonyl (C=O) groups excluding carboxylic acids is 1. The van der Waals surface area contributed by atoms with Crippen molar-refractivity contribution in [1.82, 2.24) is 5.32 Å². The first-order valence-electron chi connectivity index (χ1n) is 10.3. The number of allylic oxidation sites excluding steroid dienone is 4. The van der Waals surface area contributed by atoms with Gasteiger partial charge in [0, 0.05) is 29.2 Å². The van der Waals surface area contributed by atoms with Gasteiger partial charge in [0.2, 0.25) is 0 Å². The molecular weight excluding hydrogens is 406 g/mol. The molecule has 1 amide bonds. The van der Waals surface area contributed by atoms with E-state index < -0.39 is 20.5 Å². The molecule has 5 heteroatoms. The second-order valence-electron chi connectivity index (χ2n) is 7.86. The predicted molar refractivity (Wildman–Crippen MR) is 125 cm³/mol. The minimum absolute atomic E-state index is 0.0964. The highest BCUT2D eigenvalue weighted by molar-refractivity contribution is 7.91. The number of carbonyl (C=O) groups is 1. The van der Waals surface area contributed by atoms with Gasteiger partial charge in [0.25, 0.3) is 5.91 Å². The van der Waals surface area contributed by atoms with Crippen LogP contribution < -0.4 is 5.32 Å². The summed E-state index contributed by atoms with van der Waals surface area (Å²) in [4.78, 5) is 12.0. The molecule has 31 heavy (non-hydrogen) atoms. The van der Waals surface area contributed by atoms with Crippen molar-refractivity contribution in [3.05, 3.63) is 95.6 Å². The molecule has 0 spiro atoms. The number of hydrogen-bond acceptors (Lipinski definition) is 3. The van der Waals surface area contributed by atoms with Crippen LogP contribution in [0.15, 0.2) is 84.5 Å². The number of nitrogens with one attached hydrogen (secondary N) is 1. The Morgan fingerprint density at radius 2 is 1.74 bits per heavy atom. The molecule has 2 aromatic rings. The summed E-state index contributed by atoms with van der Waals surface area (Å²) in [6.07, 6.45) is 7.10. The van der Waals surface area contributed by atoms with E-state index in [1.807, 2.05) is 55.5 Å². The van der Waals surface area contributed by atoms with Gasteiger partial charge >= 0.3 is 0 Å². The van der Waals surface area contributed by atoms with Gasteiger partial charge < -0.3 is 0 Å². The average Bonchev–Trinajstić information content (AvgIpc) is 2.79. The Hall–Kier alpha value is -3.10. The topological polar surface area (TPSA) is 63.2 Å². The highest BCUT2D eigenvalue weighted by Gasteiger charge is 2.41. The number of rotatable bonds is 6. The summed E-state index contributed by atoms with van der Waals surface area (Å²) in [5, 5.41) is 1.99. The van der Waals surface area contributed by atoms with Crippen molar-refractivity contribution in [2.45, 2.75) is 31.9 Å². The molecule has 2 atom stereocenters. The highest BCUT2D eigenvalue weighted by Crippen LogP contribution is 2.46. The SMILES string of the molecule is CCS(=O)(=O)C(c1ccccc1)C1(C)C=CC(CC#CNC(=O)c2ccccc2)=CC1. The summed E-state index contributed by atoms with van der Waals surface area (Å²) in [6, 6.07) is 21.1. The Kier molecular flexibility index (Phi) is 7.14. The summed E-state index contributed by atoms with van der Waals surface area (Å²) in [6.45, 7) is 3.69. The maximum atomic E-state index is 13.0. The van der Waals surface area contributed by atoms with Crippen molar-refractivity contribution in [3.8, 4) is 12.0 Å². The smallest absolute Gasteiger partial charge is 0.262 e. The van der Waals surface area contributed by atoms with Crippen LogP contribution in [0.4, 0.5) is 0 Å². The monoisotopic (exact) mass is 433 g/mol. The lowest BCUT2D eigenvalue weighted by Crippen LogP contribution is -2.32. The van der Waals surface area contributed by atoms with E-state index in [9.17, 15) is 13.2 Å². The Morgan fingerprint density at radius 1 is 1.10 bits per heavy atom. The Morgan fingerprint density at radius 3 is 2.32 bits per heavy atom. The third-order valence-electron chi connectivity index (χ3n) is 5.54. The third kappa shape index (κ3) is 5.53. The van der Waals surface area contributed by atoms with Crippen molar-refractivity contribution in [2.75, 3.05) is 5.75 Å². The summed E-state index contributed by atoms with van der Waals surface area (Å²) in [5.74, 6) is 2.83. The number of amides is 1. The molecule has 0 heterocycles. The minimum Gasteiger partial charge on any atom is -0.281 e. The van der Waals surface area contributed by atoms with E-state index in [0.717, 1.165) is 11.1 Å². The predicted octanol–water partition coefficient (Wildman–Crippen LogP) is 4.84. The van der Waals surface area contributed by atoms with Gasteiger partial charge in [0.15, 0.2) is 9.84 Å². The molecule has 0 fully saturated rings. The summed E-state index contributed by atoms with van der Waals surface area (Å²) in [5.41, 5.74) is 1.86. The number of benzene rings is 2. The summed E-state index contributed by atoms with van der Waals surface area (Å²) < 4.78 is 25.9. The number of sulfone groups is 1. The fraction of sp³-hybridized carbons (Fsp3) is 0.269. The van der Waals surface area contributed by atoms with E-state index in [2.05, 4.69) is 23.4 Å². The zero-order valence-corrected chi connectivity index (χ0v) is 18.7. The molecule has 0 aliphatic heterocycles. The minimum atomic E-state index is -3.30. The van der Waals surface area contributed by atoms with Crippen molar-refractivity contribution >= 4 is 15.7 Å². The van der Waals surface area contributed by atoms with Crippen molar-refractivity contribution in [1.29, 1.82) is 0 Å². The molecule has 4 nitrogen and oxygen atoms in total. The molecule has 2 unspecified atom stereocenters. The fourth-order valence-electron chi connectivity index (χ4n) is 3.81. The van der Waals surface area contributed by atoms with E-state index in [0.29, 0.717) is 18.4 Å². The molecule has 0 radical (unpaired) electrons. The van der Waals surface area contributed by atoms with Gasteiger partial charge in [-0.25, -0.2) is 8.42 Å². The first-order chi connectivity index (χ1) is 14.9. The maximum absolute atomic E-state index is 13.0. The highest BCUT2D eigenvalue weighted by atomic mass is 32.2. The van der Waals surface area contributed by atoms with Gasteiger partial charge in [-0.2, -0.15) is 0 Å². The standard InChI is InChI=1S/C26H27NO3S/c1-3-31(29,30)24(22-12-6-4-7-13-22)26(2)18-16-21(17-19-26)11-10-20-27-25(28)23-14-8-5-9-15-23/h4-9,12-18,24H,3,11,19H2,1-2H3,(H,27,28). The Bertz CT molecular complexity index is 1140. The zero-order valence-electron chi connectivity index (χ0n) is 17.8. The Balaban J connectivity index is 1.68. The lowest BCUT2D eigenvalue weighted by Gasteiger charge is -2.36. The zero-order chi connectivity index (χ0) is 22.3. The molecule has 0 saturated carbocycles. The second-order valence-corrected chi connectivity index (χ2v) is 10.2. The van der Waals surface area contributed by atoms with Crippen molar-refractivity contribution in [2.24, 2.45) is 5.41 Å². The normalized spacial score (nSPS) is 19.0. The first kappa shape index (κ1) is 22.6. The van der Waals surface area contributed by atoms with Crippen molar-refractivity contribution < 1.29 is 13.2 Å². The van der Waals surface area contributed by atoms with Gasteiger partial charge in [0.1, 0.15) is 0 Å². The van der Waals surface area contributed by atoms with Gasteiger partial charge in [-0.05, 0) is 29.7 Å². The van der Waals surface area contributed by atoms with E-state index in [4.69, 9.17) is 0 Å². The van der Waals surface area contributed by atoms with E-state index in [1.54, 1.807) is 31.2 Å². The van der Waals surface area contributed by atoms with Gasteiger partial charge in [-0.3, -0.25) is 10.1 Å². The lowest BCUT2D eigenvalue weighted by molar-refractivity contribution is 0.0973. The van der Waals surface area contributed by atoms with E-state index in [1.165, 1.54) is 0 Å². The van der Waals surface area contributed by atoms with E-state index in [-0.39, 0.29) is 11.7 Å². The molecule has 1 aliphatic rings. The Labute approximate surface area is 185 Å². The molecule has 3 rings (SSSR count). The molecule has 1 N–H and O–H groups in total. The summed E-state index contributed by atoms with van der Waals surface area (Å²) >= 11 is 0. The second kappa shape index (κ2) is 9.80. The van der Waals surface area contributed by atoms with Crippen LogP contribution in [0.25, 0.3) is 0 Å². The van der Waals surface area contributed by atoms with Gasteiger partial charge in [-0.1, -0.05) is 86.5 Å². The summed E-state index contributed by atoms with van der Waals surface area (Å²) in [7, 11) is -3.30. The molecule has 0 bridgehead atoms. The van der Waals surface area contributed by atoms with Crippen LogP contribution in [-0.2, 0) is 9.84 Å². The lowest BCUT2D eigenvalue weighted by atomic mass is 9.76. The molecule has 1 aliphatic carbocycles. The quantitative estimate of drug-likeness (QED) is 0.524. The third-order valence-corrected chi connectivity index (χ3v) is 7.87. The fourth-order valence-corrected chi connectivity index (χ4v) is 5.71. The van der Waals surface area contributed by atoms with Crippen LogP contribution in [0.1, 0.15) is 47.9 Å². The molecule has 2 aromatic carbocycles. The maximum Gasteiger partial charge on any atom is 0.262 e. The molecule has 160 valence electrons. The molecular formula is C26H27NO3S. The largest absolute Gasteiger partial charge is 0.281 e. The van der Waals surface area contributed by atoms with Crippen LogP contribution in [0.2, 0.25) is 0 Å². The number of hydrogen-bond donors (Lipinski definition) is 1. The van der Waals surface area contributed by atoms with Crippen LogP contribution in [0, 0.1) is 17.4 Å². The van der Waals surface area contributed by atoms with Gasteiger partial charge in [0.05, 0.1) is 5.25 Å². The van der Waals surface area contributed by atoms with Crippen LogP contribution >= 0.6 is 0 Å². The van der Waals surface area contributed by atoms with E-state index >= 15 is 0 Å². The van der Waals surface area contributed by atoms with Crippen LogP contribution in [0.3, 0.4) is 0 Å². The molecule has 0 aromatic heterocycles. The van der Waals surface area contributed by atoms with Crippen LogP contribution in [0.5, 0.6) is 0 Å². The molecule has 0 saturated heterocycles.